The van der Waals surface area contributed by atoms with Crippen molar-refractivity contribution in [1.82, 2.24) is 14.9 Å². The van der Waals surface area contributed by atoms with E-state index in [4.69, 9.17) is 4.74 Å². The number of aromatic nitrogens is 2. The van der Waals surface area contributed by atoms with Crippen LogP contribution in [0.1, 0.15) is 32.3 Å². The molecule has 3 rings (SSSR count). The molecule has 1 amide bonds. The third kappa shape index (κ3) is 3.72. The second kappa shape index (κ2) is 7.13. The van der Waals surface area contributed by atoms with E-state index in [9.17, 15) is 4.79 Å². The van der Waals surface area contributed by atoms with Crippen molar-refractivity contribution >= 4 is 16.9 Å². The number of carbonyl (C=O) groups excluding carboxylic acids is 1. The van der Waals surface area contributed by atoms with Crippen LogP contribution in [-0.4, -0.2) is 34.7 Å². The minimum absolute atomic E-state index is 0.0199. The Bertz CT molecular complexity index is 672. The molecular formula is C18H25N3O2. The summed E-state index contributed by atoms with van der Waals surface area (Å²) in [5, 5.41) is 4.17. The van der Waals surface area contributed by atoms with Crippen LogP contribution in [0.4, 0.5) is 0 Å². The van der Waals surface area contributed by atoms with E-state index in [0.29, 0.717) is 19.1 Å². The Morgan fingerprint density at radius 2 is 2.39 bits per heavy atom. The van der Waals surface area contributed by atoms with Crippen LogP contribution in [0.5, 0.6) is 0 Å². The van der Waals surface area contributed by atoms with Gasteiger partial charge in [0.05, 0.1) is 0 Å². The molecule has 0 aliphatic carbocycles. The van der Waals surface area contributed by atoms with Gasteiger partial charge in [-0.15, -0.1) is 0 Å². The fraction of sp³-hybridized carbons (Fsp3) is 0.556. The molecule has 0 aromatic carbocycles. The van der Waals surface area contributed by atoms with Gasteiger partial charge in [0.1, 0.15) is 11.8 Å². The second-order valence-electron chi connectivity index (χ2n) is 6.62. The smallest absolute Gasteiger partial charge is 0.249 e. The van der Waals surface area contributed by atoms with Gasteiger partial charge in [-0.1, -0.05) is 13.8 Å². The van der Waals surface area contributed by atoms with E-state index in [1.165, 1.54) is 10.9 Å². The summed E-state index contributed by atoms with van der Waals surface area (Å²) in [5.41, 5.74) is 2.27. The van der Waals surface area contributed by atoms with E-state index < -0.39 is 0 Å². The fourth-order valence-corrected chi connectivity index (χ4v) is 3.15. The Balaban J connectivity index is 1.66. The van der Waals surface area contributed by atoms with Gasteiger partial charge in [-0.2, -0.15) is 0 Å². The summed E-state index contributed by atoms with van der Waals surface area (Å²) in [5.74, 6) is 0.589. The number of carbonyl (C=O) groups is 1. The molecule has 0 bridgehead atoms. The van der Waals surface area contributed by atoms with Crippen LogP contribution in [0.25, 0.3) is 11.0 Å². The van der Waals surface area contributed by atoms with E-state index in [0.717, 1.165) is 31.5 Å². The Morgan fingerprint density at radius 1 is 1.52 bits per heavy atom. The summed E-state index contributed by atoms with van der Waals surface area (Å²) in [4.78, 5) is 16.5. The van der Waals surface area contributed by atoms with Gasteiger partial charge in [-0.3, -0.25) is 4.79 Å². The average Bonchev–Trinajstić information content (AvgIpc) is 3.16. The van der Waals surface area contributed by atoms with Gasteiger partial charge in [0.2, 0.25) is 5.91 Å². The Kier molecular flexibility index (Phi) is 4.96. The second-order valence-corrected chi connectivity index (χ2v) is 6.62. The van der Waals surface area contributed by atoms with Crippen molar-refractivity contribution in [2.45, 2.75) is 45.8 Å². The summed E-state index contributed by atoms with van der Waals surface area (Å²) < 4.78 is 7.63. The SMILES string of the molecule is CC(C)Cn1cc(CCNC(=O)C2CCCO2)c2cccnc21. The fourth-order valence-electron chi connectivity index (χ4n) is 3.15. The van der Waals surface area contributed by atoms with Gasteiger partial charge in [-0.25, -0.2) is 4.98 Å². The molecule has 1 saturated heterocycles. The molecule has 1 atom stereocenters. The highest BCUT2D eigenvalue weighted by Gasteiger charge is 2.23. The number of pyridine rings is 1. The summed E-state index contributed by atoms with van der Waals surface area (Å²) in [6.07, 6.45) is 6.39. The molecule has 3 heterocycles. The lowest BCUT2D eigenvalue weighted by Crippen LogP contribution is -2.35. The van der Waals surface area contributed by atoms with E-state index >= 15 is 0 Å². The third-order valence-corrected chi connectivity index (χ3v) is 4.19. The van der Waals surface area contributed by atoms with E-state index in [1.807, 2.05) is 12.3 Å². The summed E-state index contributed by atoms with van der Waals surface area (Å²) in [7, 11) is 0. The number of nitrogens with one attached hydrogen (secondary N) is 1. The van der Waals surface area contributed by atoms with Crippen LogP contribution in [0.2, 0.25) is 0 Å². The molecule has 5 nitrogen and oxygen atoms in total. The highest BCUT2D eigenvalue weighted by Crippen LogP contribution is 2.21. The first-order chi connectivity index (χ1) is 11.1. The minimum Gasteiger partial charge on any atom is -0.368 e. The predicted molar refractivity (Wildman–Crippen MR) is 90.3 cm³/mol. The van der Waals surface area contributed by atoms with Crippen molar-refractivity contribution in [2.75, 3.05) is 13.2 Å². The summed E-state index contributed by atoms with van der Waals surface area (Å²) in [6, 6.07) is 4.08. The molecule has 5 heteroatoms. The zero-order valence-corrected chi connectivity index (χ0v) is 13.9. The van der Waals surface area contributed by atoms with Crippen LogP contribution in [0, 0.1) is 5.92 Å². The van der Waals surface area contributed by atoms with Gasteiger partial charge in [0.25, 0.3) is 0 Å². The highest BCUT2D eigenvalue weighted by atomic mass is 16.5. The maximum Gasteiger partial charge on any atom is 0.249 e. The van der Waals surface area contributed by atoms with Gasteiger partial charge in [0, 0.05) is 37.5 Å². The zero-order valence-electron chi connectivity index (χ0n) is 13.9. The topological polar surface area (TPSA) is 56.2 Å². The third-order valence-electron chi connectivity index (χ3n) is 4.19. The van der Waals surface area contributed by atoms with Gasteiger partial charge in [-0.05, 0) is 42.9 Å². The summed E-state index contributed by atoms with van der Waals surface area (Å²) >= 11 is 0. The van der Waals surface area contributed by atoms with Crippen molar-refractivity contribution in [3.05, 3.63) is 30.1 Å². The standard InChI is InChI=1S/C18H25N3O2/c1-13(2)11-21-12-14(15-5-3-8-19-17(15)21)7-9-20-18(22)16-6-4-10-23-16/h3,5,8,12-13,16H,4,6-7,9-11H2,1-2H3,(H,20,22). The first kappa shape index (κ1) is 16.0. The van der Waals surface area contributed by atoms with E-state index in [1.54, 1.807) is 0 Å². The van der Waals surface area contributed by atoms with Gasteiger partial charge >= 0.3 is 0 Å². The maximum absolute atomic E-state index is 12.0. The van der Waals surface area contributed by atoms with Crippen molar-refractivity contribution in [3.63, 3.8) is 0 Å². The molecule has 1 aliphatic heterocycles. The van der Waals surface area contributed by atoms with Crippen LogP contribution in [0.3, 0.4) is 0 Å². The quantitative estimate of drug-likeness (QED) is 0.891. The van der Waals surface area contributed by atoms with Crippen molar-refractivity contribution in [2.24, 2.45) is 5.92 Å². The number of ether oxygens (including phenoxy) is 1. The normalized spacial score (nSPS) is 18.0. The maximum atomic E-state index is 12.0. The number of nitrogens with zero attached hydrogens (tertiary/aromatic N) is 2. The largest absolute Gasteiger partial charge is 0.368 e. The van der Waals surface area contributed by atoms with E-state index in [2.05, 4.69) is 41.0 Å². The number of hydrogen-bond acceptors (Lipinski definition) is 3. The molecular weight excluding hydrogens is 290 g/mol. The summed E-state index contributed by atoms with van der Waals surface area (Å²) in [6.45, 7) is 6.70. The molecule has 2 aromatic rings. The highest BCUT2D eigenvalue weighted by molar-refractivity contribution is 5.82. The molecule has 23 heavy (non-hydrogen) atoms. The molecule has 0 saturated carbocycles. The minimum atomic E-state index is -0.251. The van der Waals surface area contributed by atoms with Crippen molar-refractivity contribution in [1.29, 1.82) is 0 Å². The van der Waals surface area contributed by atoms with E-state index in [-0.39, 0.29) is 12.0 Å². The molecule has 0 radical (unpaired) electrons. The van der Waals surface area contributed by atoms with Crippen molar-refractivity contribution in [3.8, 4) is 0 Å². The molecule has 0 spiro atoms. The van der Waals surface area contributed by atoms with Crippen LogP contribution in [0.15, 0.2) is 24.5 Å². The Hall–Kier alpha value is -1.88. The molecule has 1 N–H and O–H groups in total. The predicted octanol–water partition coefficient (Wildman–Crippen LogP) is 2.53. The number of hydrogen-bond donors (Lipinski definition) is 1. The van der Waals surface area contributed by atoms with Crippen molar-refractivity contribution < 1.29 is 9.53 Å². The monoisotopic (exact) mass is 315 g/mol. The molecule has 124 valence electrons. The van der Waals surface area contributed by atoms with Gasteiger partial charge < -0.3 is 14.6 Å². The Labute approximate surface area is 137 Å². The van der Waals surface area contributed by atoms with Gasteiger partial charge in [0.15, 0.2) is 0 Å². The molecule has 1 unspecified atom stereocenters. The number of rotatable bonds is 6. The lowest BCUT2D eigenvalue weighted by molar-refractivity contribution is -0.129. The molecule has 2 aromatic heterocycles. The zero-order chi connectivity index (χ0) is 16.2. The first-order valence-electron chi connectivity index (χ1n) is 8.47. The van der Waals surface area contributed by atoms with Crippen LogP contribution >= 0.6 is 0 Å². The lowest BCUT2D eigenvalue weighted by atomic mass is 10.1. The first-order valence-corrected chi connectivity index (χ1v) is 8.47. The lowest BCUT2D eigenvalue weighted by Gasteiger charge is -2.09. The van der Waals surface area contributed by atoms with Crippen LogP contribution in [-0.2, 0) is 22.5 Å². The molecule has 1 fully saturated rings. The Morgan fingerprint density at radius 3 is 3.13 bits per heavy atom. The van der Waals surface area contributed by atoms with Crippen LogP contribution < -0.4 is 5.32 Å². The molecule has 1 aliphatic rings. The number of amides is 1. The average molecular weight is 315 g/mol. The number of fused-ring (bicyclic) bond motifs is 1.